The fraction of sp³-hybridized carbons (Fsp3) is 0.500. The van der Waals surface area contributed by atoms with Gasteiger partial charge in [0, 0.05) is 19.4 Å². The van der Waals surface area contributed by atoms with Gasteiger partial charge in [-0.3, -0.25) is 9.59 Å². The number of para-hydroxylation sites is 1. The van der Waals surface area contributed by atoms with Crippen LogP contribution < -0.4 is 10.1 Å². The molecule has 0 bridgehead atoms. The Morgan fingerprint density at radius 3 is 2.52 bits per heavy atom. The largest absolute Gasteiger partial charge is 0.488 e. The third-order valence-electron chi connectivity index (χ3n) is 3.63. The van der Waals surface area contributed by atoms with E-state index in [0.29, 0.717) is 13.0 Å². The van der Waals surface area contributed by atoms with E-state index in [4.69, 9.17) is 4.74 Å². The van der Waals surface area contributed by atoms with Crippen LogP contribution in [0.25, 0.3) is 0 Å². The van der Waals surface area contributed by atoms with Crippen LogP contribution >= 0.6 is 0 Å². The van der Waals surface area contributed by atoms with Crippen molar-refractivity contribution in [2.24, 2.45) is 5.92 Å². The topological polar surface area (TPSA) is 58.6 Å². The number of nitrogens with one attached hydrogen (secondary N) is 1. The standard InChI is InChI=1S/C16H22N2O3/c1-11(2)16(20)18-10-13(9-14(18)15(19)17-3)21-12-7-5-4-6-8-12/h4-8,11,13-14H,9-10H2,1-3H3,(H,17,19)/t13-,14-/m0/s1. The minimum Gasteiger partial charge on any atom is -0.488 e. The first-order valence-corrected chi connectivity index (χ1v) is 7.26. The van der Waals surface area contributed by atoms with Crippen LogP contribution in [-0.4, -0.2) is 42.5 Å². The van der Waals surface area contributed by atoms with Crippen molar-refractivity contribution in [2.75, 3.05) is 13.6 Å². The van der Waals surface area contributed by atoms with Crippen LogP contribution in [0.4, 0.5) is 0 Å². The summed E-state index contributed by atoms with van der Waals surface area (Å²) in [4.78, 5) is 25.9. The monoisotopic (exact) mass is 290 g/mol. The Kier molecular flexibility index (Phi) is 4.83. The van der Waals surface area contributed by atoms with Crippen molar-refractivity contribution < 1.29 is 14.3 Å². The molecule has 2 atom stereocenters. The van der Waals surface area contributed by atoms with E-state index in [1.54, 1.807) is 11.9 Å². The Morgan fingerprint density at radius 2 is 1.95 bits per heavy atom. The molecule has 2 rings (SSSR count). The smallest absolute Gasteiger partial charge is 0.242 e. The Morgan fingerprint density at radius 1 is 1.29 bits per heavy atom. The number of hydrogen-bond donors (Lipinski definition) is 1. The van der Waals surface area contributed by atoms with Crippen LogP contribution in [0.1, 0.15) is 20.3 Å². The average Bonchev–Trinajstić information content (AvgIpc) is 2.90. The van der Waals surface area contributed by atoms with Crippen LogP contribution in [0, 0.1) is 5.92 Å². The second-order valence-corrected chi connectivity index (χ2v) is 5.56. The first-order valence-electron chi connectivity index (χ1n) is 7.26. The van der Waals surface area contributed by atoms with Crippen LogP contribution in [0.5, 0.6) is 5.75 Å². The van der Waals surface area contributed by atoms with E-state index in [1.165, 1.54) is 0 Å². The van der Waals surface area contributed by atoms with Gasteiger partial charge in [0.2, 0.25) is 11.8 Å². The number of carbonyl (C=O) groups is 2. The maximum absolute atomic E-state index is 12.3. The number of likely N-dealkylation sites (N-methyl/N-ethyl adjacent to an activating group) is 1. The Bertz CT molecular complexity index is 502. The summed E-state index contributed by atoms with van der Waals surface area (Å²) in [7, 11) is 1.59. The van der Waals surface area contributed by atoms with Gasteiger partial charge in [0.15, 0.2) is 0 Å². The molecular formula is C16H22N2O3. The summed E-state index contributed by atoms with van der Waals surface area (Å²) in [6.07, 6.45) is 0.366. The molecule has 1 aromatic carbocycles. The molecule has 5 heteroatoms. The molecule has 1 aromatic rings. The third kappa shape index (κ3) is 3.54. The molecule has 0 aliphatic carbocycles. The van der Waals surface area contributed by atoms with Gasteiger partial charge in [-0.15, -0.1) is 0 Å². The van der Waals surface area contributed by atoms with E-state index < -0.39 is 6.04 Å². The lowest BCUT2D eigenvalue weighted by molar-refractivity contribution is -0.140. The molecule has 1 aliphatic rings. The van der Waals surface area contributed by atoms with Gasteiger partial charge in [-0.2, -0.15) is 0 Å². The first-order chi connectivity index (χ1) is 10.0. The highest BCUT2D eigenvalue weighted by Gasteiger charge is 2.40. The van der Waals surface area contributed by atoms with E-state index in [1.807, 2.05) is 44.2 Å². The van der Waals surface area contributed by atoms with Crippen molar-refractivity contribution in [3.05, 3.63) is 30.3 Å². The van der Waals surface area contributed by atoms with Gasteiger partial charge in [0.05, 0.1) is 6.54 Å². The number of ether oxygens (including phenoxy) is 1. The molecule has 0 spiro atoms. The number of likely N-dealkylation sites (tertiary alicyclic amines) is 1. The Labute approximate surface area is 125 Å². The zero-order chi connectivity index (χ0) is 15.4. The van der Waals surface area contributed by atoms with E-state index in [0.717, 1.165) is 5.75 Å². The predicted molar refractivity (Wildman–Crippen MR) is 79.9 cm³/mol. The van der Waals surface area contributed by atoms with Gasteiger partial charge in [0.1, 0.15) is 17.9 Å². The zero-order valence-electron chi connectivity index (χ0n) is 12.7. The van der Waals surface area contributed by atoms with Crippen molar-refractivity contribution in [1.82, 2.24) is 10.2 Å². The van der Waals surface area contributed by atoms with Gasteiger partial charge in [-0.05, 0) is 12.1 Å². The molecule has 0 unspecified atom stereocenters. The third-order valence-corrected chi connectivity index (χ3v) is 3.63. The molecule has 1 heterocycles. The van der Waals surface area contributed by atoms with Crippen molar-refractivity contribution in [3.63, 3.8) is 0 Å². The van der Waals surface area contributed by atoms with E-state index >= 15 is 0 Å². The fourth-order valence-electron chi connectivity index (χ4n) is 2.56. The number of rotatable bonds is 4. The number of carbonyl (C=O) groups excluding carboxylic acids is 2. The summed E-state index contributed by atoms with van der Waals surface area (Å²) in [5.74, 6) is 0.482. The quantitative estimate of drug-likeness (QED) is 0.913. The van der Waals surface area contributed by atoms with Crippen LogP contribution in [0.15, 0.2) is 30.3 Å². The van der Waals surface area contributed by atoms with Gasteiger partial charge in [0.25, 0.3) is 0 Å². The molecule has 1 fully saturated rings. The lowest BCUT2D eigenvalue weighted by Crippen LogP contribution is -2.46. The van der Waals surface area contributed by atoms with Crippen molar-refractivity contribution in [2.45, 2.75) is 32.4 Å². The van der Waals surface area contributed by atoms with E-state index in [2.05, 4.69) is 5.32 Å². The van der Waals surface area contributed by atoms with Crippen molar-refractivity contribution in [1.29, 1.82) is 0 Å². The number of benzene rings is 1. The molecule has 2 amide bonds. The van der Waals surface area contributed by atoms with E-state index in [9.17, 15) is 9.59 Å². The van der Waals surface area contributed by atoms with E-state index in [-0.39, 0.29) is 23.8 Å². The maximum atomic E-state index is 12.3. The summed E-state index contributed by atoms with van der Waals surface area (Å²) in [6.45, 7) is 4.13. The van der Waals surface area contributed by atoms with Gasteiger partial charge < -0.3 is 15.0 Å². The average molecular weight is 290 g/mol. The van der Waals surface area contributed by atoms with Gasteiger partial charge >= 0.3 is 0 Å². The van der Waals surface area contributed by atoms with Crippen LogP contribution in [0.3, 0.4) is 0 Å². The Balaban J connectivity index is 2.10. The maximum Gasteiger partial charge on any atom is 0.242 e. The first kappa shape index (κ1) is 15.4. The number of amides is 2. The minimum atomic E-state index is -0.446. The van der Waals surface area contributed by atoms with Gasteiger partial charge in [-0.25, -0.2) is 0 Å². The van der Waals surface area contributed by atoms with Crippen LogP contribution in [-0.2, 0) is 9.59 Å². The summed E-state index contributed by atoms with van der Waals surface area (Å²) >= 11 is 0. The van der Waals surface area contributed by atoms with Crippen molar-refractivity contribution in [3.8, 4) is 5.75 Å². The van der Waals surface area contributed by atoms with Crippen molar-refractivity contribution >= 4 is 11.8 Å². The minimum absolute atomic E-state index is 0.0113. The Hall–Kier alpha value is -2.04. The highest BCUT2D eigenvalue weighted by atomic mass is 16.5. The normalized spacial score (nSPS) is 21.4. The van der Waals surface area contributed by atoms with Crippen LogP contribution in [0.2, 0.25) is 0 Å². The zero-order valence-corrected chi connectivity index (χ0v) is 12.7. The lowest BCUT2D eigenvalue weighted by Gasteiger charge is -2.24. The molecule has 114 valence electrons. The molecule has 1 N–H and O–H groups in total. The molecule has 0 radical (unpaired) electrons. The second kappa shape index (κ2) is 6.61. The highest BCUT2D eigenvalue weighted by Crippen LogP contribution is 2.24. The lowest BCUT2D eigenvalue weighted by atomic mass is 10.1. The SMILES string of the molecule is CNC(=O)[C@@H]1C[C@H](Oc2ccccc2)CN1C(=O)C(C)C. The molecule has 0 saturated carbocycles. The summed E-state index contributed by atoms with van der Waals surface area (Å²) in [6, 6.07) is 9.03. The molecule has 0 aromatic heterocycles. The van der Waals surface area contributed by atoms with Gasteiger partial charge in [-0.1, -0.05) is 32.0 Å². The molecule has 5 nitrogen and oxygen atoms in total. The summed E-state index contributed by atoms with van der Waals surface area (Å²) < 4.78 is 5.89. The summed E-state index contributed by atoms with van der Waals surface area (Å²) in [5.41, 5.74) is 0. The summed E-state index contributed by atoms with van der Waals surface area (Å²) in [5, 5.41) is 2.63. The predicted octanol–water partition coefficient (Wildman–Crippen LogP) is 1.44. The number of nitrogens with zero attached hydrogens (tertiary/aromatic N) is 1. The molecule has 1 saturated heterocycles. The molecule has 21 heavy (non-hydrogen) atoms. The molecular weight excluding hydrogens is 268 g/mol. The highest BCUT2D eigenvalue weighted by molar-refractivity contribution is 5.88. The second-order valence-electron chi connectivity index (χ2n) is 5.56. The number of hydrogen-bond acceptors (Lipinski definition) is 3. The fourth-order valence-corrected chi connectivity index (χ4v) is 2.56. The molecule has 1 aliphatic heterocycles.